The third kappa shape index (κ3) is 46.3. The molecule has 0 radical (unpaired) electrons. The summed E-state index contributed by atoms with van der Waals surface area (Å²) in [4.78, 5) is 37.3. The molecule has 2 atom stereocenters. The fraction of sp³-hybridized carbons (Fsp3) is 0.685. The summed E-state index contributed by atoms with van der Waals surface area (Å²) in [6.45, 7) is 4.61. The third-order valence-electron chi connectivity index (χ3n) is 10.1. The number of rotatable bonds is 44. The fourth-order valence-corrected chi connectivity index (χ4v) is 6.37. The molecule has 0 fully saturated rings. The van der Waals surface area contributed by atoms with Crippen LogP contribution in [0, 0.1) is 0 Å². The molecular formula is C54H92NO8+. The van der Waals surface area contributed by atoms with Gasteiger partial charge in [-0.1, -0.05) is 170 Å². The van der Waals surface area contributed by atoms with Crippen molar-refractivity contribution < 1.29 is 42.9 Å². The maximum Gasteiger partial charge on any atom is 0.361 e. The maximum atomic E-state index is 12.8. The minimum Gasteiger partial charge on any atom is -0.477 e. The normalized spacial score (nSPS) is 13.6. The Hall–Kier alpha value is -3.53. The number of hydrogen-bond donors (Lipinski definition) is 1. The van der Waals surface area contributed by atoms with Crippen molar-refractivity contribution in [1.82, 2.24) is 0 Å². The predicted octanol–water partition coefficient (Wildman–Crippen LogP) is 13.7. The number of carbonyl (C=O) groups is 3. The Morgan fingerprint density at radius 3 is 1.27 bits per heavy atom. The van der Waals surface area contributed by atoms with Crippen molar-refractivity contribution in [2.45, 2.75) is 193 Å². The largest absolute Gasteiger partial charge is 0.477 e. The van der Waals surface area contributed by atoms with Crippen molar-refractivity contribution in [2.24, 2.45) is 0 Å². The Bertz CT molecular complexity index is 1300. The average Bonchev–Trinajstić information content (AvgIpc) is 3.24. The van der Waals surface area contributed by atoms with Crippen LogP contribution in [0.5, 0.6) is 0 Å². The molecule has 0 aromatic heterocycles. The van der Waals surface area contributed by atoms with Crippen molar-refractivity contribution in [3.8, 4) is 0 Å². The van der Waals surface area contributed by atoms with Gasteiger partial charge in [-0.2, -0.15) is 0 Å². The van der Waals surface area contributed by atoms with Crippen LogP contribution in [0.2, 0.25) is 0 Å². The molecule has 0 bridgehead atoms. The fourth-order valence-electron chi connectivity index (χ4n) is 6.37. The molecule has 0 aliphatic carbocycles. The lowest BCUT2D eigenvalue weighted by atomic mass is 10.1. The van der Waals surface area contributed by atoms with Gasteiger partial charge in [0.2, 0.25) is 0 Å². The molecule has 0 aliphatic heterocycles. The van der Waals surface area contributed by atoms with Crippen LogP contribution >= 0.6 is 0 Å². The van der Waals surface area contributed by atoms with E-state index in [1.807, 2.05) is 21.1 Å². The van der Waals surface area contributed by atoms with E-state index in [4.69, 9.17) is 18.9 Å². The lowest BCUT2D eigenvalue weighted by Gasteiger charge is -2.25. The maximum absolute atomic E-state index is 12.8. The van der Waals surface area contributed by atoms with Gasteiger partial charge in [0.15, 0.2) is 6.10 Å². The zero-order valence-electron chi connectivity index (χ0n) is 40.7. The van der Waals surface area contributed by atoms with Crippen LogP contribution in [0.4, 0.5) is 0 Å². The van der Waals surface area contributed by atoms with Crippen LogP contribution in [-0.2, 0) is 33.3 Å². The first-order valence-electron chi connectivity index (χ1n) is 24.8. The second-order valence-electron chi connectivity index (χ2n) is 17.4. The highest BCUT2D eigenvalue weighted by Crippen LogP contribution is 2.14. The number of unbranched alkanes of at least 4 members (excludes halogenated alkanes) is 15. The molecule has 0 saturated heterocycles. The summed E-state index contributed by atoms with van der Waals surface area (Å²) in [6.07, 6.45) is 54.9. The van der Waals surface area contributed by atoms with Gasteiger partial charge in [-0.15, -0.1) is 0 Å². The van der Waals surface area contributed by atoms with Crippen molar-refractivity contribution >= 4 is 17.9 Å². The van der Waals surface area contributed by atoms with E-state index in [9.17, 15) is 19.5 Å². The van der Waals surface area contributed by atoms with E-state index < -0.39 is 24.3 Å². The number of ether oxygens (including phenoxy) is 4. The number of nitrogens with zero attached hydrogens (tertiary/aromatic N) is 1. The molecule has 0 saturated carbocycles. The molecule has 63 heavy (non-hydrogen) atoms. The third-order valence-corrected chi connectivity index (χ3v) is 10.1. The molecule has 0 aromatic carbocycles. The van der Waals surface area contributed by atoms with E-state index in [2.05, 4.69) is 98.9 Å². The van der Waals surface area contributed by atoms with E-state index in [1.54, 1.807) is 0 Å². The van der Waals surface area contributed by atoms with Gasteiger partial charge in [-0.25, -0.2) is 4.79 Å². The monoisotopic (exact) mass is 883 g/mol. The van der Waals surface area contributed by atoms with Crippen molar-refractivity contribution in [3.63, 3.8) is 0 Å². The zero-order chi connectivity index (χ0) is 46.3. The van der Waals surface area contributed by atoms with Gasteiger partial charge in [0.1, 0.15) is 13.2 Å². The Morgan fingerprint density at radius 2 is 0.857 bits per heavy atom. The lowest BCUT2D eigenvalue weighted by molar-refractivity contribution is -0.870. The van der Waals surface area contributed by atoms with Crippen LogP contribution in [0.1, 0.15) is 181 Å². The number of allylic oxidation sites excluding steroid dienone is 14. The first-order valence-corrected chi connectivity index (χ1v) is 24.8. The number of likely N-dealkylation sites (N-methyl/N-ethyl adjacent to an activating group) is 1. The number of esters is 2. The van der Waals surface area contributed by atoms with Crippen LogP contribution in [-0.4, -0.2) is 87.4 Å². The number of carbonyl (C=O) groups excluding carboxylic acids is 2. The smallest absolute Gasteiger partial charge is 0.361 e. The van der Waals surface area contributed by atoms with E-state index in [1.165, 1.54) is 44.9 Å². The highest BCUT2D eigenvalue weighted by atomic mass is 16.7. The van der Waals surface area contributed by atoms with Gasteiger partial charge < -0.3 is 28.5 Å². The summed E-state index contributed by atoms with van der Waals surface area (Å²) >= 11 is 0. The standard InChI is InChI=1S/C54H91NO8/c1-6-8-10-12-14-16-18-20-22-24-25-26-27-29-31-33-35-37-39-41-43-45-52(57)63-50(49-62-54(53(58)59)60-47-46-55(3,4)5)48-61-51(56)44-42-40-38-36-34-32-30-28-23-21-19-17-15-13-11-9-7-2/h8-11,14-17,20-23,25-26,50,54H,6-7,12-13,18-19,24,27-49H2,1-5H3/p+1/b10-8-,11-9-,16-14-,17-15-,22-20-,23-21-,26-25-. The highest BCUT2D eigenvalue weighted by molar-refractivity contribution is 5.71. The molecule has 9 heteroatoms. The minimum atomic E-state index is -1.52. The van der Waals surface area contributed by atoms with E-state index >= 15 is 0 Å². The Labute approximate surface area is 385 Å². The molecule has 0 amide bonds. The summed E-state index contributed by atoms with van der Waals surface area (Å²) in [6, 6.07) is 0. The van der Waals surface area contributed by atoms with Gasteiger partial charge in [0, 0.05) is 12.8 Å². The summed E-state index contributed by atoms with van der Waals surface area (Å²) in [5.41, 5.74) is 0. The van der Waals surface area contributed by atoms with Crippen molar-refractivity contribution in [3.05, 3.63) is 85.1 Å². The molecule has 0 rings (SSSR count). The number of carboxylic acids is 1. The highest BCUT2D eigenvalue weighted by Gasteiger charge is 2.25. The molecule has 0 aromatic rings. The minimum absolute atomic E-state index is 0.180. The Morgan fingerprint density at radius 1 is 0.476 bits per heavy atom. The molecule has 0 spiro atoms. The molecule has 2 unspecified atom stereocenters. The summed E-state index contributed by atoms with van der Waals surface area (Å²) in [7, 11) is 5.95. The van der Waals surface area contributed by atoms with Crippen LogP contribution in [0.3, 0.4) is 0 Å². The Balaban J connectivity index is 4.40. The molecule has 9 nitrogen and oxygen atoms in total. The topological polar surface area (TPSA) is 108 Å². The predicted molar refractivity (Wildman–Crippen MR) is 262 cm³/mol. The molecule has 0 heterocycles. The molecule has 1 N–H and O–H groups in total. The lowest BCUT2D eigenvalue weighted by Crippen LogP contribution is -2.40. The first kappa shape index (κ1) is 59.5. The van der Waals surface area contributed by atoms with E-state index in [-0.39, 0.29) is 38.6 Å². The summed E-state index contributed by atoms with van der Waals surface area (Å²) in [5, 5.41) is 9.66. The SMILES string of the molecule is CC/C=C\C/C=C\C/C=C\C/C=C\CCCCCCCCCCC(=O)OC(COC(=O)CCCCCCCCC/C=C\C/C=C\C/C=C\CC)COC(OCC[N+](C)(C)C)C(=O)O. The van der Waals surface area contributed by atoms with Crippen LogP contribution in [0.25, 0.3) is 0 Å². The van der Waals surface area contributed by atoms with Crippen molar-refractivity contribution in [2.75, 3.05) is 47.5 Å². The van der Waals surface area contributed by atoms with Gasteiger partial charge in [0.05, 0.1) is 34.4 Å². The number of aliphatic carboxylic acids is 1. The second-order valence-corrected chi connectivity index (χ2v) is 17.4. The number of carboxylic acid groups (broad SMARTS) is 1. The van der Waals surface area contributed by atoms with E-state index in [0.29, 0.717) is 17.4 Å². The number of quaternary nitrogens is 1. The quantitative estimate of drug-likeness (QED) is 0.0212. The van der Waals surface area contributed by atoms with Crippen LogP contribution in [0.15, 0.2) is 85.1 Å². The molecule has 0 aliphatic rings. The van der Waals surface area contributed by atoms with Gasteiger partial charge in [0.25, 0.3) is 6.29 Å². The van der Waals surface area contributed by atoms with Gasteiger partial charge >= 0.3 is 17.9 Å². The summed E-state index contributed by atoms with van der Waals surface area (Å²) in [5.74, 6) is -2.04. The molecular weight excluding hydrogens is 791 g/mol. The zero-order valence-corrected chi connectivity index (χ0v) is 40.7. The molecule has 360 valence electrons. The average molecular weight is 883 g/mol. The van der Waals surface area contributed by atoms with Crippen LogP contribution < -0.4 is 0 Å². The Kier molecular flexibility index (Phi) is 42.5. The number of hydrogen-bond acceptors (Lipinski definition) is 7. The van der Waals surface area contributed by atoms with Gasteiger partial charge in [-0.05, 0) is 83.5 Å². The van der Waals surface area contributed by atoms with Gasteiger partial charge in [-0.3, -0.25) is 9.59 Å². The van der Waals surface area contributed by atoms with Crippen molar-refractivity contribution in [1.29, 1.82) is 0 Å². The summed E-state index contributed by atoms with van der Waals surface area (Å²) < 4.78 is 22.8. The second kappa shape index (κ2) is 45.1. The van der Waals surface area contributed by atoms with E-state index in [0.717, 1.165) is 103 Å². The first-order chi connectivity index (χ1) is 30.6.